The Labute approximate surface area is 230 Å². The molecule has 10 radical (unpaired) electrons. The van der Waals surface area contributed by atoms with Crippen LogP contribution >= 0.6 is 17.0 Å². The van der Waals surface area contributed by atoms with Gasteiger partial charge in [0.15, 0.2) is 0 Å². The Hall–Kier alpha value is -1.14. The Kier molecular flexibility index (Phi) is 10.3. The maximum atomic E-state index is 4.93. The molecule has 35 heavy (non-hydrogen) atoms. The molecule has 0 spiro atoms. The Bertz CT molecular complexity index is 943. The van der Waals surface area contributed by atoms with Gasteiger partial charge in [-0.25, -0.2) is 0 Å². The zero-order valence-electron chi connectivity index (χ0n) is 19.8. The number of halogens is 2. The van der Waals surface area contributed by atoms with Crippen LogP contribution in [0.2, 0.25) is 0 Å². The molecule has 0 aromatic heterocycles. The molecule has 0 atom stereocenters. The normalized spacial score (nSPS) is 21.1. The summed E-state index contributed by atoms with van der Waals surface area (Å²) in [7, 11) is 9.87. The van der Waals surface area contributed by atoms with Gasteiger partial charge >= 0.3 is 37.9 Å². The summed E-state index contributed by atoms with van der Waals surface area (Å²) in [5.41, 5.74) is 2.60. The second kappa shape index (κ2) is 13.4. The van der Waals surface area contributed by atoms with E-state index in [1.807, 2.05) is 0 Å². The van der Waals surface area contributed by atoms with Gasteiger partial charge in [0.2, 0.25) is 0 Å². The van der Waals surface area contributed by atoms with Crippen molar-refractivity contribution in [3.8, 4) is 0 Å². The molecule has 0 nitrogen and oxygen atoms in total. The van der Waals surface area contributed by atoms with Gasteiger partial charge in [0, 0.05) is 35.5 Å². The first-order valence-electron chi connectivity index (χ1n) is 11.5. The molecule has 0 bridgehead atoms. The second-order valence-corrected chi connectivity index (χ2v) is 12.1. The summed E-state index contributed by atoms with van der Waals surface area (Å²) in [5.74, 6) is 10.8. The third-order valence-corrected chi connectivity index (χ3v) is 6.31. The summed E-state index contributed by atoms with van der Waals surface area (Å²) in [6.07, 6.45) is 21.7. The minimum atomic E-state index is -0.826. The van der Waals surface area contributed by atoms with E-state index in [-0.39, 0.29) is 0 Å². The summed E-state index contributed by atoms with van der Waals surface area (Å²) in [6, 6.07) is 21.1. The van der Waals surface area contributed by atoms with Gasteiger partial charge < -0.3 is 0 Å². The van der Waals surface area contributed by atoms with Gasteiger partial charge in [-0.05, 0) is 35.8 Å². The summed E-state index contributed by atoms with van der Waals surface area (Å²) < 4.78 is 0. The quantitative estimate of drug-likeness (QED) is 0.338. The van der Waals surface area contributed by atoms with Crippen LogP contribution in [0.4, 0.5) is 0 Å². The molecule has 2 fully saturated rings. The number of hydrogen-bond acceptors (Lipinski definition) is 0. The monoisotopic (exact) mass is 570 g/mol. The van der Waals surface area contributed by atoms with Crippen LogP contribution in [0, 0.1) is 60.2 Å². The molecule has 0 heterocycles. The Balaban J connectivity index is 0.000000149. The summed E-state index contributed by atoms with van der Waals surface area (Å²) >= 11 is -0.826. The first kappa shape index (κ1) is 26.9. The molecule has 0 N–H and O–H groups in total. The van der Waals surface area contributed by atoms with Crippen LogP contribution in [0.1, 0.15) is 25.0 Å². The van der Waals surface area contributed by atoms with Crippen LogP contribution < -0.4 is 0 Å². The van der Waals surface area contributed by atoms with Crippen molar-refractivity contribution < 1.29 is 20.8 Å². The fourth-order valence-electron chi connectivity index (χ4n) is 4.58. The molecule has 2 saturated carbocycles. The third-order valence-electron chi connectivity index (χ3n) is 6.31. The standard InChI is InChI=1S/2C16H13.2ClH.Zr/c2*1-12-15-10-6-5-9-14(15)11-16(12)13-7-3-2-4-8-13;;;/h2*2-11H,1H3;2*1H;/q;;;;+4/p-2. The predicted octanol–water partition coefficient (Wildman–Crippen LogP) is 8.77. The van der Waals surface area contributed by atoms with Gasteiger partial charge in [-0.2, -0.15) is 0 Å². The number of hydrogen-bond donors (Lipinski definition) is 0. The van der Waals surface area contributed by atoms with Crippen molar-refractivity contribution in [1.82, 2.24) is 0 Å². The van der Waals surface area contributed by atoms with E-state index in [4.69, 9.17) is 17.0 Å². The number of benzene rings is 2. The number of rotatable bonds is 2. The molecule has 0 unspecified atom stereocenters. The zero-order chi connectivity index (χ0) is 24.6. The molecule has 170 valence electrons. The van der Waals surface area contributed by atoms with Gasteiger partial charge in [0.1, 0.15) is 0 Å². The fourth-order valence-corrected chi connectivity index (χ4v) is 4.58. The number of allylic oxidation sites excluding steroid dienone is 8. The molecule has 4 aliphatic carbocycles. The third kappa shape index (κ3) is 6.60. The van der Waals surface area contributed by atoms with Crippen LogP contribution in [0.5, 0.6) is 0 Å². The van der Waals surface area contributed by atoms with Crippen molar-refractivity contribution in [2.45, 2.75) is 13.8 Å². The molecule has 0 saturated heterocycles. The Morgan fingerprint density at radius 3 is 1.17 bits per heavy atom. The minimum absolute atomic E-state index is 0.826. The van der Waals surface area contributed by atoms with E-state index in [0.29, 0.717) is 0 Å². The van der Waals surface area contributed by atoms with Gasteiger partial charge in [-0.3, -0.25) is 0 Å². The first-order valence-corrected chi connectivity index (χ1v) is 17.8. The molecule has 6 rings (SSSR count). The van der Waals surface area contributed by atoms with Crippen molar-refractivity contribution >= 4 is 17.0 Å². The average Bonchev–Trinajstić information content (AvgIpc) is 3.43. The van der Waals surface area contributed by atoms with E-state index in [0.717, 1.165) is 0 Å². The summed E-state index contributed by atoms with van der Waals surface area (Å²) in [4.78, 5) is 0. The van der Waals surface area contributed by atoms with Crippen LogP contribution in [-0.4, -0.2) is 0 Å². The van der Waals surface area contributed by atoms with Crippen molar-refractivity contribution in [3.63, 3.8) is 0 Å². The van der Waals surface area contributed by atoms with Gasteiger partial charge in [-0.15, -0.1) is 0 Å². The Morgan fingerprint density at radius 2 is 0.829 bits per heavy atom. The van der Waals surface area contributed by atoms with E-state index >= 15 is 0 Å². The molecule has 3 heteroatoms. The average molecular weight is 573 g/mol. The van der Waals surface area contributed by atoms with Crippen LogP contribution in [0.3, 0.4) is 0 Å². The van der Waals surface area contributed by atoms with Crippen molar-refractivity contribution in [2.75, 3.05) is 0 Å². The predicted molar refractivity (Wildman–Crippen MR) is 145 cm³/mol. The van der Waals surface area contributed by atoms with Gasteiger partial charge in [0.05, 0.1) is 0 Å². The van der Waals surface area contributed by atoms with Crippen LogP contribution in [-0.2, 0) is 20.8 Å². The van der Waals surface area contributed by atoms with E-state index in [1.54, 1.807) is 0 Å². The summed E-state index contributed by atoms with van der Waals surface area (Å²) in [5, 5.41) is 0. The topological polar surface area (TPSA) is 0 Å². The second-order valence-electron chi connectivity index (χ2n) is 8.34. The number of fused-ring (bicyclic) bond motifs is 2. The molecule has 0 aliphatic heterocycles. The molecular formula is C32H26Cl2Zr+2. The molecular weight excluding hydrogens is 546 g/mol. The fraction of sp³-hybridized carbons (Fsp3) is 0.0625. The van der Waals surface area contributed by atoms with Crippen molar-refractivity contribution in [2.24, 2.45) is 0 Å². The SMILES string of the molecule is C[C]1[C]2C=CC=C[C]2[CH][C]1c1ccccc1.C[C]1[C]2C=CC=C[C]2[CH][C]1c1ccccc1.[Cl][Zr+2][Cl]. The van der Waals surface area contributed by atoms with Crippen molar-refractivity contribution in [1.29, 1.82) is 0 Å². The maximum absolute atomic E-state index is 4.93. The van der Waals surface area contributed by atoms with E-state index in [2.05, 4.69) is 136 Å². The molecule has 0 amide bonds. The van der Waals surface area contributed by atoms with E-state index in [9.17, 15) is 0 Å². The molecule has 4 aliphatic rings. The molecule has 2 aromatic carbocycles. The van der Waals surface area contributed by atoms with Gasteiger partial charge in [-0.1, -0.05) is 123 Å². The first-order chi connectivity index (χ1) is 17.1. The van der Waals surface area contributed by atoms with Crippen LogP contribution in [0.15, 0.2) is 109 Å². The van der Waals surface area contributed by atoms with Crippen molar-refractivity contribution in [3.05, 3.63) is 181 Å². The van der Waals surface area contributed by atoms with E-state index < -0.39 is 20.8 Å². The Morgan fingerprint density at radius 1 is 0.486 bits per heavy atom. The van der Waals surface area contributed by atoms with E-state index in [1.165, 1.54) is 58.5 Å². The zero-order valence-corrected chi connectivity index (χ0v) is 23.8. The molecule has 2 aromatic rings. The van der Waals surface area contributed by atoms with Gasteiger partial charge in [0.25, 0.3) is 0 Å². The summed E-state index contributed by atoms with van der Waals surface area (Å²) in [6.45, 7) is 4.40. The van der Waals surface area contributed by atoms with Crippen LogP contribution in [0.25, 0.3) is 0 Å².